The van der Waals surface area contributed by atoms with E-state index in [2.05, 4.69) is 19.1 Å². The van der Waals surface area contributed by atoms with E-state index in [1.165, 1.54) is 25.0 Å². The molecule has 6 heteroatoms. The molecule has 0 fully saturated rings. The number of carbonyl (C=O) groups excluding carboxylic acids is 2. The predicted molar refractivity (Wildman–Crippen MR) is 113 cm³/mol. The number of fused-ring (bicyclic) bond motifs is 2. The van der Waals surface area contributed by atoms with Crippen molar-refractivity contribution in [3.8, 4) is 0 Å². The van der Waals surface area contributed by atoms with Crippen LogP contribution in [0.3, 0.4) is 0 Å². The second kappa shape index (κ2) is 7.83. The fourth-order valence-corrected chi connectivity index (χ4v) is 7.71. The normalized spacial score (nSPS) is 24.2. The molecule has 1 aliphatic carbocycles. The van der Waals surface area contributed by atoms with Gasteiger partial charge < -0.3 is 0 Å². The van der Waals surface area contributed by atoms with Gasteiger partial charge in [0.1, 0.15) is 0 Å². The van der Waals surface area contributed by atoms with Gasteiger partial charge in [-0.15, -0.1) is 0 Å². The van der Waals surface area contributed by atoms with Crippen molar-refractivity contribution in [3.63, 3.8) is 0 Å². The second-order valence-electron chi connectivity index (χ2n) is 7.26. The summed E-state index contributed by atoms with van der Waals surface area (Å²) in [6.45, 7) is 5.25. The Labute approximate surface area is 172 Å². The molecule has 0 spiro atoms. The average molecular weight is 494 g/mol. The molecular formula is C22H23IO5. The van der Waals surface area contributed by atoms with Crippen LogP contribution in [-0.2, 0) is 26.9 Å². The molecule has 0 radical (unpaired) electrons. The summed E-state index contributed by atoms with van der Waals surface area (Å²) >= 11 is -2.71. The molecule has 0 N–H and O–H groups in total. The Morgan fingerprint density at radius 3 is 2.54 bits per heavy atom. The monoisotopic (exact) mass is 494 g/mol. The number of halogens is 1. The van der Waals surface area contributed by atoms with E-state index >= 15 is 0 Å². The van der Waals surface area contributed by atoms with Gasteiger partial charge in [0.2, 0.25) is 0 Å². The molecule has 1 heterocycles. The Hall–Kier alpha value is -1.93. The molecule has 148 valence electrons. The van der Waals surface area contributed by atoms with Crippen LogP contribution >= 0.6 is 20.6 Å². The first-order valence-electron chi connectivity index (χ1n) is 9.36. The molecule has 2 aromatic carbocycles. The average Bonchev–Trinajstić information content (AvgIpc) is 3.00. The Morgan fingerprint density at radius 2 is 1.79 bits per heavy atom. The van der Waals surface area contributed by atoms with Gasteiger partial charge in [-0.25, -0.2) is 0 Å². The van der Waals surface area contributed by atoms with E-state index in [0.717, 1.165) is 21.1 Å². The van der Waals surface area contributed by atoms with Gasteiger partial charge in [-0.2, -0.15) is 0 Å². The fraction of sp³-hybridized carbons (Fsp3) is 0.364. The minimum atomic E-state index is -2.71. The summed E-state index contributed by atoms with van der Waals surface area (Å²) in [6.07, 6.45) is 0.461. The van der Waals surface area contributed by atoms with Crippen molar-refractivity contribution in [2.24, 2.45) is 5.92 Å². The van der Waals surface area contributed by atoms with E-state index < -0.39 is 26.8 Å². The van der Waals surface area contributed by atoms with Crippen LogP contribution in [-0.4, -0.2) is 18.5 Å². The van der Waals surface area contributed by atoms with Gasteiger partial charge >= 0.3 is 173 Å². The van der Waals surface area contributed by atoms with Gasteiger partial charge in [0, 0.05) is 0 Å². The molecule has 1 aliphatic heterocycles. The summed E-state index contributed by atoms with van der Waals surface area (Å²) in [6, 6.07) is 14.3. The van der Waals surface area contributed by atoms with Crippen LogP contribution in [0, 0.1) is 9.49 Å². The first-order valence-corrected chi connectivity index (χ1v) is 12.2. The molecule has 28 heavy (non-hydrogen) atoms. The Balaban J connectivity index is 1.92. The summed E-state index contributed by atoms with van der Waals surface area (Å²) in [7, 11) is 0. The van der Waals surface area contributed by atoms with Crippen molar-refractivity contribution in [2.75, 3.05) is 6.61 Å². The zero-order valence-electron chi connectivity index (χ0n) is 16.1. The van der Waals surface area contributed by atoms with Gasteiger partial charge in [-0.05, 0) is 0 Å². The summed E-state index contributed by atoms with van der Waals surface area (Å²) in [5.41, 5.74) is 4.68. The first-order chi connectivity index (χ1) is 13.5. The van der Waals surface area contributed by atoms with Gasteiger partial charge in [0.15, 0.2) is 0 Å². The predicted octanol–water partition coefficient (Wildman–Crippen LogP) is 4.71. The van der Waals surface area contributed by atoms with Crippen molar-refractivity contribution in [3.05, 3.63) is 68.3 Å². The van der Waals surface area contributed by atoms with E-state index in [9.17, 15) is 9.59 Å². The molecule has 5 nitrogen and oxygen atoms in total. The number of esters is 1. The molecule has 0 saturated heterocycles. The SMILES string of the molecule is CC(=O)OC1COI(OC(C)=O)c2ccccc2C2c3c(cccc31)C[C@H]2C. The molecule has 0 bridgehead atoms. The van der Waals surface area contributed by atoms with Crippen molar-refractivity contribution in [1.29, 1.82) is 0 Å². The van der Waals surface area contributed by atoms with Crippen LogP contribution in [0.5, 0.6) is 0 Å². The maximum absolute atomic E-state index is 11.8. The zero-order chi connectivity index (χ0) is 19.8. The van der Waals surface area contributed by atoms with Crippen molar-refractivity contribution < 1.29 is 20.5 Å². The molecule has 4 rings (SSSR count). The standard InChI is InChI=1S/C22H23IO5/c1-13-11-16-7-6-9-18-20(27-14(2)24)12-26-23(28-15(3)25)19-10-5-4-8-17(19)21(13)22(16)18/h4-10,13,20-21H,11-12H2,1-3H3/t13-,20?,21?/m1/s1. The number of hydrogen-bond acceptors (Lipinski definition) is 5. The molecule has 3 atom stereocenters. The van der Waals surface area contributed by atoms with Crippen LogP contribution in [0.1, 0.15) is 55.0 Å². The molecule has 0 amide bonds. The molecule has 2 aliphatic rings. The van der Waals surface area contributed by atoms with Crippen LogP contribution in [0.2, 0.25) is 0 Å². The van der Waals surface area contributed by atoms with Crippen molar-refractivity contribution >= 4 is 32.6 Å². The van der Waals surface area contributed by atoms with Crippen molar-refractivity contribution in [1.82, 2.24) is 0 Å². The summed E-state index contributed by atoms with van der Waals surface area (Å²) < 4.78 is 18.5. The third-order valence-electron chi connectivity index (χ3n) is 5.21. The second-order valence-corrected chi connectivity index (χ2v) is 10.7. The Morgan fingerprint density at radius 1 is 1.04 bits per heavy atom. The van der Waals surface area contributed by atoms with Gasteiger partial charge in [0.25, 0.3) is 0 Å². The quantitative estimate of drug-likeness (QED) is 0.447. The summed E-state index contributed by atoms with van der Waals surface area (Å²) in [5, 5.41) is 0. The molecule has 0 aromatic heterocycles. The summed E-state index contributed by atoms with van der Waals surface area (Å²) in [5.74, 6) is -0.139. The van der Waals surface area contributed by atoms with Gasteiger partial charge in [-0.3, -0.25) is 0 Å². The van der Waals surface area contributed by atoms with Crippen LogP contribution < -0.4 is 0 Å². The van der Waals surface area contributed by atoms with Gasteiger partial charge in [0.05, 0.1) is 0 Å². The van der Waals surface area contributed by atoms with Crippen LogP contribution in [0.4, 0.5) is 0 Å². The van der Waals surface area contributed by atoms with Crippen LogP contribution in [0.25, 0.3) is 0 Å². The number of ether oxygens (including phenoxy) is 1. The first kappa shape index (κ1) is 19.4. The molecule has 2 aromatic rings. The van der Waals surface area contributed by atoms with Crippen LogP contribution in [0.15, 0.2) is 42.5 Å². The Kier molecular flexibility index (Phi) is 5.42. The molecule has 0 saturated carbocycles. The third-order valence-corrected chi connectivity index (χ3v) is 9.08. The van der Waals surface area contributed by atoms with E-state index in [-0.39, 0.29) is 24.5 Å². The molecular weight excluding hydrogens is 471 g/mol. The van der Waals surface area contributed by atoms with E-state index in [1.807, 2.05) is 30.3 Å². The van der Waals surface area contributed by atoms with Gasteiger partial charge in [-0.1, -0.05) is 0 Å². The topological polar surface area (TPSA) is 61.8 Å². The summed E-state index contributed by atoms with van der Waals surface area (Å²) in [4.78, 5) is 23.5. The number of rotatable bonds is 2. The van der Waals surface area contributed by atoms with E-state index in [0.29, 0.717) is 5.92 Å². The molecule has 2 unspecified atom stereocenters. The number of hydrogen-bond donors (Lipinski definition) is 0. The fourth-order valence-electron chi connectivity index (χ4n) is 4.27. The van der Waals surface area contributed by atoms with E-state index in [1.54, 1.807) is 0 Å². The minimum absolute atomic E-state index is 0.164. The number of carbonyl (C=O) groups is 2. The zero-order valence-corrected chi connectivity index (χ0v) is 18.3. The Bertz CT molecular complexity index is 925. The third kappa shape index (κ3) is 3.55. The van der Waals surface area contributed by atoms with E-state index in [4.69, 9.17) is 10.9 Å². The van der Waals surface area contributed by atoms with Crippen molar-refractivity contribution in [2.45, 2.75) is 39.2 Å². The number of benzene rings is 2. The maximum atomic E-state index is 11.8.